The highest BCUT2D eigenvalue weighted by Gasteiger charge is 2.24. The Morgan fingerprint density at radius 2 is 1.90 bits per heavy atom. The predicted molar refractivity (Wildman–Crippen MR) is 118 cm³/mol. The number of aromatic nitrogens is 4. The molecule has 31 heavy (non-hydrogen) atoms. The largest absolute Gasteiger partial charge is 0.427 e. The van der Waals surface area contributed by atoms with Gasteiger partial charge in [-0.05, 0) is 19.1 Å². The first kappa shape index (κ1) is 23.9. The van der Waals surface area contributed by atoms with Crippen LogP contribution in [0.5, 0.6) is 5.75 Å². The molecule has 2 heterocycles. The molecule has 0 radical (unpaired) electrons. The molecular weight excluding hydrogens is 422 g/mol. The highest BCUT2D eigenvalue weighted by Crippen LogP contribution is 2.22. The molecule has 0 saturated heterocycles. The summed E-state index contributed by atoms with van der Waals surface area (Å²) in [6.07, 6.45) is 0. The number of carbonyl (C=O) groups is 2. The first-order valence-electron chi connectivity index (χ1n) is 9.79. The Balaban J connectivity index is 0.00000166. The first-order valence-corrected chi connectivity index (χ1v) is 10.2. The normalized spacial score (nSPS) is 10.4. The SMILES string of the molecule is CC.CCn1c(CNC(=O)c2nc(Cl)c(N)nc2N)[n+](C)c2ccc(OC(C)=O)cc21. The molecule has 1 amide bonds. The Bertz CT molecular complexity index is 1130. The zero-order valence-corrected chi connectivity index (χ0v) is 18.9. The smallest absolute Gasteiger partial charge is 0.308 e. The third kappa shape index (κ3) is 5.02. The minimum atomic E-state index is -0.523. The number of nitrogens with one attached hydrogen (secondary N) is 1. The first-order chi connectivity index (χ1) is 14.7. The van der Waals surface area contributed by atoms with Crippen molar-refractivity contribution in [2.75, 3.05) is 11.5 Å². The fourth-order valence-corrected chi connectivity index (χ4v) is 3.24. The number of esters is 1. The highest BCUT2D eigenvalue weighted by atomic mass is 35.5. The summed E-state index contributed by atoms with van der Waals surface area (Å²) in [4.78, 5) is 31.5. The van der Waals surface area contributed by atoms with Gasteiger partial charge >= 0.3 is 5.97 Å². The maximum Gasteiger partial charge on any atom is 0.308 e. The predicted octanol–water partition coefficient (Wildman–Crippen LogP) is 1.98. The minimum Gasteiger partial charge on any atom is -0.427 e. The number of nitrogens with zero attached hydrogens (tertiary/aromatic N) is 4. The van der Waals surface area contributed by atoms with Gasteiger partial charge in [-0.2, -0.15) is 0 Å². The fraction of sp³-hybridized carbons (Fsp3) is 0.350. The van der Waals surface area contributed by atoms with Crippen LogP contribution in [-0.2, 0) is 24.9 Å². The van der Waals surface area contributed by atoms with Crippen LogP contribution in [0.3, 0.4) is 0 Å². The second-order valence-corrected chi connectivity index (χ2v) is 6.64. The van der Waals surface area contributed by atoms with E-state index < -0.39 is 11.9 Å². The number of hydrogen-bond acceptors (Lipinski definition) is 7. The zero-order valence-electron chi connectivity index (χ0n) is 18.2. The van der Waals surface area contributed by atoms with Gasteiger partial charge in [-0.15, -0.1) is 0 Å². The van der Waals surface area contributed by atoms with Crippen LogP contribution >= 0.6 is 11.6 Å². The van der Waals surface area contributed by atoms with Crippen molar-refractivity contribution in [3.05, 3.63) is 34.9 Å². The van der Waals surface area contributed by atoms with E-state index in [2.05, 4.69) is 15.3 Å². The summed E-state index contributed by atoms with van der Waals surface area (Å²) >= 11 is 5.85. The van der Waals surface area contributed by atoms with Crippen LogP contribution in [0.15, 0.2) is 18.2 Å². The Morgan fingerprint density at radius 3 is 2.52 bits per heavy atom. The van der Waals surface area contributed by atoms with E-state index in [9.17, 15) is 9.59 Å². The average molecular weight is 449 g/mol. The van der Waals surface area contributed by atoms with E-state index in [1.54, 1.807) is 12.1 Å². The lowest BCUT2D eigenvalue weighted by Crippen LogP contribution is -2.38. The Morgan fingerprint density at radius 1 is 1.23 bits per heavy atom. The number of amides is 1. The van der Waals surface area contributed by atoms with Crippen molar-refractivity contribution in [2.24, 2.45) is 7.05 Å². The fourth-order valence-electron chi connectivity index (χ4n) is 3.11. The van der Waals surface area contributed by atoms with Crippen LogP contribution < -0.4 is 26.1 Å². The van der Waals surface area contributed by atoms with Gasteiger partial charge in [0.1, 0.15) is 12.3 Å². The molecule has 0 aliphatic heterocycles. The molecule has 3 rings (SSSR count). The van der Waals surface area contributed by atoms with Crippen LogP contribution in [0, 0.1) is 0 Å². The second kappa shape index (κ2) is 10.1. The van der Waals surface area contributed by atoms with E-state index in [4.69, 9.17) is 27.8 Å². The van der Waals surface area contributed by atoms with Crippen molar-refractivity contribution in [2.45, 2.75) is 40.8 Å². The number of imidazole rings is 1. The number of rotatable bonds is 5. The topological polar surface area (TPSA) is 142 Å². The molecular formula is C20H27ClN7O3+. The molecule has 5 N–H and O–H groups in total. The van der Waals surface area contributed by atoms with E-state index >= 15 is 0 Å². The molecule has 0 aliphatic rings. The van der Waals surface area contributed by atoms with Crippen molar-refractivity contribution in [1.82, 2.24) is 19.9 Å². The van der Waals surface area contributed by atoms with Crippen LogP contribution in [0.4, 0.5) is 11.6 Å². The number of anilines is 2. The lowest BCUT2D eigenvalue weighted by Gasteiger charge is -2.07. The van der Waals surface area contributed by atoms with Crippen molar-refractivity contribution in [3.63, 3.8) is 0 Å². The highest BCUT2D eigenvalue weighted by molar-refractivity contribution is 6.31. The maximum atomic E-state index is 12.5. The summed E-state index contributed by atoms with van der Waals surface area (Å²) < 4.78 is 9.13. The maximum absolute atomic E-state index is 12.5. The summed E-state index contributed by atoms with van der Waals surface area (Å²) in [7, 11) is 1.88. The lowest BCUT2D eigenvalue weighted by molar-refractivity contribution is -0.654. The monoisotopic (exact) mass is 448 g/mol. The molecule has 3 aromatic rings. The van der Waals surface area contributed by atoms with Gasteiger partial charge in [0, 0.05) is 13.0 Å². The molecule has 10 nitrogen and oxygen atoms in total. The van der Waals surface area contributed by atoms with E-state index in [0.29, 0.717) is 12.3 Å². The molecule has 166 valence electrons. The Kier molecular flexibility index (Phi) is 7.76. The van der Waals surface area contributed by atoms with E-state index in [1.165, 1.54) is 6.92 Å². The van der Waals surface area contributed by atoms with Gasteiger partial charge in [0.25, 0.3) is 11.7 Å². The van der Waals surface area contributed by atoms with Crippen LogP contribution in [0.25, 0.3) is 11.0 Å². The number of carbonyl (C=O) groups excluding carboxylic acids is 2. The number of nitrogen functional groups attached to an aromatic ring is 2. The number of nitrogens with two attached hydrogens (primary N) is 2. The molecule has 0 saturated carbocycles. The summed E-state index contributed by atoms with van der Waals surface area (Å²) in [6.45, 7) is 8.17. The summed E-state index contributed by atoms with van der Waals surface area (Å²) in [5.41, 5.74) is 13.0. The molecule has 0 spiro atoms. The van der Waals surface area contributed by atoms with Gasteiger partial charge in [0.05, 0.1) is 13.6 Å². The molecule has 0 bridgehead atoms. The average Bonchev–Trinajstić information content (AvgIpc) is 3.00. The van der Waals surface area contributed by atoms with Gasteiger partial charge < -0.3 is 21.5 Å². The van der Waals surface area contributed by atoms with E-state index in [1.807, 2.05) is 43.0 Å². The second-order valence-electron chi connectivity index (χ2n) is 6.28. The molecule has 0 fully saturated rings. The standard InChI is InChI=1S/C18H20ClN7O3.C2H6/c1-4-26-12-7-10(29-9(2)27)5-6-11(12)25(3)13(26)8-22-18(28)14-16(20)24-17(21)15(19)23-14;1-2/h5-7H,4,8H2,1-3H3,(H4-,20,21,22,24,28);1-2H3/p+1. The molecule has 0 atom stereocenters. The Labute approximate surface area is 185 Å². The third-order valence-electron chi connectivity index (χ3n) is 4.40. The number of aryl methyl sites for hydroxylation is 2. The lowest BCUT2D eigenvalue weighted by atomic mass is 10.3. The molecule has 0 aliphatic carbocycles. The molecule has 1 aromatic carbocycles. The number of benzene rings is 1. The van der Waals surface area contributed by atoms with Gasteiger partial charge in [-0.25, -0.2) is 19.1 Å². The summed E-state index contributed by atoms with van der Waals surface area (Å²) in [5, 5.41) is 2.69. The van der Waals surface area contributed by atoms with Crippen molar-refractivity contribution >= 4 is 46.1 Å². The quantitative estimate of drug-likeness (QED) is 0.307. The van der Waals surface area contributed by atoms with Gasteiger partial charge in [-0.1, -0.05) is 25.4 Å². The number of ether oxygens (including phenoxy) is 1. The summed E-state index contributed by atoms with van der Waals surface area (Å²) in [5.74, 6) is 0.219. The van der Waals surface area contributed by atoms with E-state index in [0.717, 1.165) is 16.9 Å². The zero-order chi connectivity index (χ0) is 23.3. The number of hydrogen-bond donors (Lipinski definition) is 3. The van der Waals surface area contributed by atoms with Crippen LogP contribution in [0.1, 0.15) is 44.0 Å². The van der Waals surface area contributed by atoms with Gasteiger partial charge in [0.15, 0.2) is 33.5 Å². The van der Waals surface area contributed by atoms with Crippen molar-refractivity contribution in [3.8, 4) is 5.75 Å². The number of fused-ring (bicyclic) bond motifs is 1. The van der Waals surface area contributed by atoms with Crippen LogP contribution in [0.2, 0.25) is 5.15 Å². The molecule has 0 unspecified atom stereocenters. The molecule has 2 aromatic heterocycles. The molecule has 11 heteroatoms. The summed E-state index contributed by atoms with van der Waals surface area (Å²) in [6, 6.07) is 5.36. The van der Waals surface area contributed by atoms with Gasteiger partial charge in [0.2, 0.25) is 0 Å². The van der Waals surface area contributed by atoms with Crippen molar-refractivity contribution < 1.29 is 18.9 Å². The van der Waals surface area contributed by atoms with Crippen molar-refractivity contribution in [1.29, 1.82) is 0 Å². The number of halogens is 1. The Hall–Kier alpha value is -3.40. The minimum absolute atomic E-state index is 0.0400. The van der Waals surface area contributed by atoms with E-state index in [-0.39, 0.29) is 29.0 Å². The van der Waals surface area contributed by atoms with Gasteiger partial charge in [-0.3, -0.25) is 9.59 Å². The van der Waals surface area contributed by atoms with Crippen LogP contribution in [-0.4, -0.2) is 26.4 Å². The third-order valence-corrected chi connectivity index (χ3v) is 4.68.